The average molecular weight is 240 g/mol. The molecule has 0 amide bonds. The molecule has 0 saturated heterocycles. The molecule has 0 bridgehead atoms. The third kappa shape index (κ3) is 2.53. The van der Waals surface area contributed by atoms with E-state index >= 15 is 0 Å². The Balaban J connectivity index is 2.08. The predicted molar refractivity (Wildman–Crippen MR) is 69.6 cm³/mol. The molecule has 0 aromatic carbocycles. The minimum atomic E-state index is -0.256. The first-order chi connectivity index (χ1) is 8.19. The van der Waals surface area contributed by atoms with Gasteiger partial charge in [0.15, 0.2) is 0 Å². The fourth-order valence-electron chi connectivity index (χ4n) is 4.40. The number of aliphatic hydroxyl groups is 2. The molecule has 2 heteroatoms. The van der Waals surface area contributed by atoms with Gasteiger partial charge in [-0.25, -0.2) is 0 Å². The summed E-state index contributed by atoms with van der Waals surface area (Å²) in [6.07, 6.45) is 7.46. The van der Waals surface area contributed by atoms with E-state index in [9.17, 15) is 10.2 Å². The van der Waals surface area contributed by atoms with Crippen LogP contribution in [0.1, 0.15) is 58.8 Å². The Bertz CT molecular complexity index is 237. The van der Waals surface area contributed by atoms with Crippen molar-refractivity contribution in [3.63, 3.8) is 0 Å². The molecular formula is C15H28O2. The third-order valence-electron chi connectivity index (χ3n) is 5.42. The van der Waals surface area contributed by atoms with Crippen molar-refractivity contribution in [3.05, 3.63) is 0 Å². The van der Waals surface area contributed by atoms with Gasteiger partial charge in [0.2, 0.25) is 0 Å². The number of rotatable bonds is 3. The fourth-order valence-corrected chi connectivity index (χ4v) is 4.40. The van der Waals surface area contributed by atoms with Gasteiger partial charge in [0.1, 0.15) is 0 Å². The first-order valence-corrected chi connectivity index (χ1v) is 7.55. The van der Waals surface area contributed by atoms with Gasteiger partial charge in [-0.2, -0.15) is 0 Å². The molecule has 17 heavy (non-hydrogen) atoms. The Kier molecular flexibility index (Phi) is 4.48. The van der Waals surface area contributed by atoms with Crippen molar-refractivity contribution in [2.45, 2.75) is 71.0 Å². The molecule has 5 atom stereocenters. The van der Waals surface area contributed by atoms with Crippen LogP contribution in [0.4, 0.5) is 0 Å². The van der Waals surface area contributed by atoms with Crippen molar-refractivity contribution in [1.82, 2.24) is 0 Å². The summed E-state index contributed by atoms with van der Waals surface area (Å²) in [5, 5.41) is 20.8. The predicted octanol–water partition coefficient (Wildman–Crippen LogP) is 2.97. The molecular weight excluding hydrogens is 212 g/mol. The standard InChI is InChI=1S/C15H28O2/c1-3-10(4-2)12-9-8-11-6-5-7-13(16)14(11)15(12)17/h10-17H,3-9H2,1-2H3. The molecule has 0 aromatic heterocycles. The Labute approximate surface area is 105 Å². The highest BCUT2D eigenvalue weighted by atomic mass is 16.3. The highest BCUT2D eigenvalue weighted by Crippen LogP contribution is 2.46. The van der Waals surface area contributed by atoms with E-state index in [0.29, 0.717) is 17.8 Å². The SMILES string of the molecule is CCC(CC)C1CCC2CCCC(O)C2C1O. The molecule has 2 fully saturated rings. The van der Waals surface area contributed by atoms with E-state index in [2.05, 4.69) is 13.8 Å². The molecule has 2 rings (SSSR count). The molecule has 2 N–H and O–H groups in total. The minimum absolute atomic E-state index is 0.170. The van der Waals surface area contributed by atoms with Crippen molar-refractivity contribution >= 4 is 0 Å². The number of fused-ring (bicyclic) bond motifs is 1. The smallest absolute Gasteiger partial charge is 0.0626 e. The van der Waals surface area contributed by atoms with Crippen molar-refractivity contribution in [2.75, 3.05) is 0 Å². The van der Waals surface area contributed by atoms with E-state index in [4.69, 9.17) is 0 Å². The van der Waals surface area contributed by atoms with E-state index in [1.807, 2.05) is 0 Å². The van der Waals surface area contributed by atoms with E-state index in [1.54, 1.807) is 0 Å². The summed E-state index contributed by atoms with van der Waals surface area (Å²) in [4.78, 5) is 0. The van der Waals surface area contributed by atoms with Crippen LogP contribution in [0.2, 0.25) is 0 Å². The second-order valence-electron chi connectivity index (χ2n) is 6.14. The van der Waals surface area contributed by atoms with Gasteiger partial charge in [-0.1, -0.05) is 33.1 Å². The molecule has 0 aromatic rings. The van der Waals surface area contributed by atoms with Crippen LogP contribution in [0.5, 0.6) is 0 Å². The maximum absolute atomic E-state index is 10.6. The zero-order chi connectivity index (χ0) is 12.4. The Hall–Kier alpha value is -0.0800. The van der Waals surface area contributed by atoms with Gasteiger partial charge < -0.3 is 10.2 Å². The monoisotopic (exact) mass is 240 g/mol. The van der Waals surface area contributed by atoms with Crippen LogP contribution in [0.25, 0.3) is 0 Å². The lowest BCUT2D eigenvalue weighted by molar-refractivity contribution is -0.106. The van der Waals surface area contributed by atoms with Crippen LogP contribution < -0.4 is 0 Å². The molecule has 2 aliphatic rings. The van der Waals surface area contributed by atoms with Gasteiger partial charge >= 0.3 is 0 Å². The van der Waals surface area contributed by atoms with Crippen LogP contribution in [0.3, 0.4) is 0 Å². The van der Waals surface area contributed by atoms with E-state index in [1.165, 1.54) is 19.3 Å². The molecule has 0 heterocycles. The summed E-state index contributed by atoms with van der Waals surface area (Å²) in [5.41, 5.74) is 0. The summed E-state index contributed by atoms with van der Waals surface area (Å²) >= 11 is 0. The molecule has 0 radical (unpaired) electrons. The molecule has 0 aliphatic heterocycles. The normalized spacial score (nSPS) is 42.5. The molecule has 2 saturated carbocycles. The lowest BCUT2D eigenvalue weighted by atomic mass is 9.61. The molecule has 0 spiro atoms. The lowest BCUT2D eigenvalue weighted by Gasteiger charge is -2.47. The van der Waals surface area contributed by atoms with Gasteiger partial charge in [0.25, 0.3) is 0 Å². The molecule has 2 nitrogen and oxygen atoms in total. The maximum atomic E-state index is 10.6. The minimum Gasteiger partial charge on any atom is -0.393 e. The summed E-state index contributed by atoms with van der Waals surface area (Å²) in [5.74, 6) is 1.82. The topological polar surface area (TPSA) is 40.5 Å². The lowest BCUT2D eigenvalue weighted by Crippen LogP contribution is -2.49. The molecule has 100 valence electrons. The van der Waals surface area contributed by atoms with Crippen LogP contribution in [0.15, 0.2) is 0 Å². The largest absolute Gasteiger partial charge is 0.393 e. The molecule has 5 unspecified atom stereocenters. The first-order valence-electron chi connectivity index (χ1n) is 7.55. The quantitative estimate of drug-likeness (QED) is 0.796. The Morgan fingerprint density at radius 2 is 1.71 bits per heavy atom. The zero-order valence-corrected chi connectivity index (χ0v) is 11.3. The maximum Gasteiger partial charge on any atom is 0.0626 e. The van der Waals surface area contributed by atoms with Crippen molar-refractivity contribution in [1.29, 1.82) is 0 Å². The van der Waals surface area contributed by atoms with Crippen LogP contribution in [-0.2, 0) is 0 Å². The summed E-state index contributed by atoms with van der Waals surface area (Å²) in [6.45, 7) is 4.45. The van der Waals surface area contributed by atoms with Crippen molar-refractivity contribution in [2.24, 2.45) is 23.7 Å². The van der Waals surface area contributed by atoms with Crippen LogP contribution in [0, 0.1) is 23.7 Å². The average Bonchev–Trinajstić information content (AvgIpc) is 2.33. The highest BCUT2D eigenvalue weighted by molar-refractivity contribution is 4.95. The van der Waals surface area contributed by atoms with Crippen LogP contribution >= 0.6 is 0 Å². The van der Waals surface area contributed by atoms with Gasteiger partial charge in [-0.3, -0.25) is 0 Å². The van der Waals surface area contributed by atoms with E-state index < -0.39 is 0 Å². The number of hydrogen-bond donors (Lipinski definition) is 2. The third-order valence-corrected chi connectivity index (χ3v) is 5.42. The zero-order valence-electron chi connectivity index (χ0n) is 11.3. The second-order valence-corrected chi connectivity index (χ2v) is 6.14. The number of aliphatic hydroxyl groups excluding tert-OH is 2. The van der Waals surface area contributed by atoms with E-state index in [0.717, 1.165) is 25.7 Å². The van der Waals surface area contributed by atoms with Gasteiger partial charge in [0, 0.05) is 5.92 Å². The van der Waals surface area contributed by atoms with Crippen molar-refractivity contribution in [3.8, 4) is 0 Å². The van der Waals surface area contributed by atoms with Gasteiger partial charge in [0.05, 0.1) is 12.2 Å². The Morgan fingerprint density at radius 3 is 2.35 bits per heavy atom. The highest BCUT2D eigenvalue weighted by Gasteiger charge is 2.45. The van der Waals surface area contributed by atoms with Crippen LogP contribution in [-0.4, -0.2) is 22.4 Å². The van der Waals surface area contributed by atoms with Gasteiger partial charge in [-0.15, -0.1) is 0 Å². The summed E-state index contributed by atoms with van der Waals surface area (Å²) < 4.78 is 0. The Morgan fingerprint density at radius 1 is 1.00 bits per heavy atom. The van der Waals surface area contributed by atoms with Gasteiger partial charge in [-0.05, 0) is 43.4 Å². The fraction of sp³-hybridized carbons (Fsp3) is 1.00. The van der Waals surface area contributed by atoms with Crippen molar-refractivity contribution < 1.29 is 10.2 Å². The summed E-state index contributed by atoms with van der Waals surface area (Å²) in [6, 6.07) is 0. The van der Waals surface area contributed by atoms with E-state index in [-0.39, 0.29) is 18.1 Å². The number of hydrogen-bond acceptors (Lipinski definition) is 2. The first kappa shape index (κ1) is 13.4. The second kappa shape index (κ2) is 5.71. The summed E-state index contributed by atoms with van der Waals surface area (Å²) in [7, 11) is 0. The molecule has 2 aliphatic carbocycles.